The summed E-state index contributed by atoms with van der Waals surface area (Å²) >= 11 is 1.50. The minimum atomic E-state index is -0.997. The van der Waals surface area contributed by atoms with Gasteiger partial charge in [-0.15, -0.1) is 0 Å². The number of aromatic carboxylic acids is 1. The van der Waals surface area contributed by atoms with Crippen LogP contribution >= 0.6 is 11.8 Å². The molecule has 3 heterocycles. The quantitative estimate of drug-likeness (QED) is 0.220. The third-order valence-corrected chi connectivity index (χ3v) is 6.26. The third kappa shape index (κ3) is 4.06. The number of hydrogen-bond donors (Lipinski definition) is 3. The van der Waals surface area contributed by atoms with Gasteiger partial charge in [0.05, 0.1) is 19.0 Å². The molecule has 0 atom stereocenters. The van der Waals surface area contributed by atoms with E-state index in [4.69, 9.17) is 9.15 Å². The molecule has 0 saturated heterocycles. The number of benzene rings is 2. The maximum Gasteiger partial charge on any atom is 0.335 e. The van der Waals surface area contributed by atoms with E-state index in [9.17, 15) is 15.0 Å². The van der Waals surface area contributed by atoms with Gasteiger partial charge < -0.3 is 24.4 Å². The van der Waals surface area contributed by atoms with Gasteiger partial charge >= 0.3 is 5.97 Å². The zero-order valence-corrected chi connectivity index (χ0v) is 18.7. The van der Waals surface area contributed by atoms with Crippen LogP contribution < -0.4 is 4.74 Å². The first kappa shape index (κ1) is 21.5. The predicted octanol–water partition coefficient (Wildman–Crippen LogP) is 4.98. The summed E-state index contributed by atoms with van der Waals surface area (Å²) in [5.41, 5.74) is 3.82. The Bertz CT molecular complexity index is 1490. The molecular formula is C24H18N4O5S. The molecule has 0 aliphatic rings. The monoisotopic (exact) mass is 474 g/mol. The van der Waals surface area contributed by atoms with Crippen molar-refractivity contribution < 1.29 is 24.2 Å². The molecule has 170 valence electrons. The van der Waals surface area contributed by atoms with E-state index in [1.165, 1.54) is 37.3 Å². The Morgan fingerprint density at radius 2 is 1.88 bits per heavy atom. The molecule has 0 unspecified atom stereocenters. The number of aromatic nitrogens is 4. The van der Waals surface area contributed by atoms with Gasteiger partial charge in [-0.25, -0.2) is 19.7 Å². The standard InChI is InChI=1S/C24H18N4O5S/c1-32-18-7-6-15(8-17(18)29)19-9-16(10-34-23-20-22(26-11-25-20)27-12-28-23)21(33-19)13-2-4-14(5-3-13)24(30)31/h2-9,11-12,29H,10H2,1H3,(H,30,31)(H,25,26,27,28). The van der Waals surface area contributed by atoms with Gasteiger partial charge in [0.15, 0.2) is 17.1 Å². The summed E-state index contributed by atoms with van der Waals surface area (Å²) in [6.45, 7) is 0. The molecule has 0 aliphatic heterocycles. The van der Waals surface area contributed by atoms with E-state index in [0.717, 1.165) is 21.7 Å². The number of thioether (sulfide) groups is 1. The van der Waals surface area contributed by atoms with E-state index >= 15 is 0 Å². The number of aromatic amines is 1. The van der Waals surface area contributed by atoms with Crippen LogP contribution in [0.25, 0.3) is 33.8 Å². The van der Waals surface area contributed by atoms with Crippen molar-refractivity contribution >= 4 is 28.9 Å². The predicted molar refractivity (Wildman–Crippen MR) is 126 cm³/mol. The number of H-pyrrole nitrogens is 1. The highest BCUT2D eigenvalue weighted by molar-refractivity contribution is 7.98. The van der Waals surface area contributed by atoms with Gasteiger partial charge in [-0.2, -0.15) is 0 Å². The molecule has 5 aromatic rings. The number of hydrogen-bond acceptors (Lipinski definition) is 8. The number of carbonyl (C=O) groups is 1. The number of nitrogens with one attached hydrogen (secondary N) is 1. The first-order valence-corrected chi connectivity index (χ1v) is 11.1. The number of furan rings is 1. The highest BCUT2D eigenvalue weighted by atomic mass is 32.2. The molecule has 0 radical (unpaired) electrons. The maximum absolute atomic E-state index is 11.3. The van der Waals surface area contributed by atoms with Gasteiger partial charge in [0, 0.05) is 22.4 Å². The van der Waals surface area contributed by atoms with Gasteiger partial charge in [0.2, 0.25) is 0 Å². The van der Waals surface area contributed by atoms with Crippen LogP contribution in [0.3, 0.4) is 0 Å². The number of phenolic OH excluding ortho intramolecular Hbond substituents is 1. The van der Waals surface area contributed by atoms with E-state index < -0.39 is 5.97 Å². The van der Waals surface area contributed by atoms with Crippen molar-refractivity contribution in [1.82, 2.24) is 19.9 Å². The summed E-state index contributed by atoms with van der Waals surface area (Å²) in [7, 11) is 1.49. The number of methoxy groups -OCH3 is 1. The smallest absolute Gasteiger partial charge is 0.335 e. The van der Waals surface area contributed by atoms with Crippen molar-refractivity contribution in [2.45, 2.75) is 10.8 Å². The molecule has 0 amide bonds. The number of nitrogens with zero attached hydrogens (tertiary/aromatic N) is 3. The largest absolute Gasteiger partial charge is 0.504 e. The van der Waals surface area contributed by atoms with E-state index in [2.05, 4.69) is 19.9 Å². The highest BCUT2D eigenvalue weighted by Crippen LogP contribution is 2.39. The SMILES string of the molecule is COc1ccc(-c2cc(CSc3ncnc4nc[nH]c34)c(-c3ccc(C(=O)O)cc3)o2)cc1O. The Morgan fingerprint density at radius 3 is 2.62 bits per heavy atom. The lowest BCUT2D eigenvalue weighted by Crippen LogP contribution is -1.95. The Balaban J connectivity index is 1.53. The Labute approximate surface area is 197 Å². The number of rotatable bonds is 7. The van der Waals surface area contributed by atoms with Crippen LogP contribution in [0.2, 0.25) is 0 Å². The molecule has 5 rings (SSSR count). The topological polar surface area (TPSA) is 134 Å². The average Bonchev–Trinajstić information content (AvgIpc) is 3.50. The Hall–Kier alpha value is -4.31. The molecule has 2 aromatic carbocycles. The molecule has 0 saturated carbocycles. The second kappa shape index (κ2) is 8.91. The molecule has 0 aliphatic carbocycles. The van der Waals surface area contributed by atoms with Gasteiger partial charge in [-0.05, 0) is 36.4 Å². The minimum absolute atomic E-state index is 0.00214. The third-order valence-electron chi connectivity index (χ3n) is 5.22. The molecule has 0 bridgehead atoms. The fourth-order valence-electron chi connectivity index (χ4n) is 3.53. The van der Waals surface area contributed by atoms with Gasteiger partial charge in [0.25, 0.3) is 0 Å². The minimum Gasteiger partial charge on any atom is -0.504 e. The summed E-state index contributed by atoms with van der Waals surface area (Å²) in [5.74, 6) is 1.05. The highest BCUT2D eigenvalue weighted by Gasteiger charge is 2.18. The number of phenols is 1. The number of carboxylic acid groups (broad SMARTS) is 1. The number of fused-ring (bicyclic) bond motifs is 1. The van der Waals surface area contributed by atoms with Crippen molar-refractivity contribution in [2.24, 2.45) is 0 Å². The van der Waals surface area contributed by atoms with Crippen LogP contribution in [0.15, 0.2) is 70.6 Å². The first-order valence-electron chi connectivity index (χ1n) is 10.1. The Kier molecular flexibility index (Phi) is 5.64. The van der Waals surface area contributed by atoms with Crippen LogP contribution in [-0.4, -0.2) is 43.2 Å². The van der Waals surface area contributed by atoms with Crippen LogP contribution in [0, 0.1) is 0 Å². The van der Waals surface area contributed by atoms with Crippen molar-refractivity contribution in [3.8, 4) is 34.1 Å². The van der Waals surface area contributed by atoms with Crippen molar-refractivity contribution in [1.29, 1.82) is 0 Å². The van der Waals surface area contributed by atoms with Crippen LogP contribution in [0.4, 0.5) is 0 Å². The van der Waals surface area contributed by atoms with E-state index in [0.29, 0.717) is 34.2 Å². The lowest BCUT2D eigenvalue weighted by molar-refractivity contribution is 0.0697. The average molecular weight is 474 g/mol. The lowest BCUT2D eigenvalue weighted by atomic mass is 10.1. The molecule has 10 heteroatoms. The Morgan fingerprint density at radius 1 is 1.09 bits per heavy atom. The molecule has 3 N–H and O–H groups in total. The zero-order chi connectivity index (χ0) is 23.7. The van der Waals surface area contributed by atoms with E-state index in [-0.39, 0.29) is 11.3 Å². The summed E-state index contributed by atoms with van der Waals surface area (Å²) in [6, 6.07) is 13.4. The second-order valence-corrected chi connectivity index (χ2v) is 8.27. The van der Waals surface area contributed by atoms with Gasteiger partial charge in [0.1, 0.15) is 28.4 Å². The number of ether oxygens (including phenoxy) is 1. The van der Waals surface area contributed by atoms with Gasteiger partial charge in [-0.3, -0.25) is 0 Å². The van der Waals surface area contributed by atoms with Crippen molar-refractivity contribution in [3.05, 3.63) is 72.3 Å². The molecular weight excluding hydrogens is 456 g/mol. The van der Waals surface area contributed by atoms with Gasteiger partial charge in [-0.1, -0.05) is 23.9 Å². The molecule has 34 heavy (non-hydrogen) atoms. The maximum atomic E-state index is 11.3. The number of aromatic hydroxyl groups is 1. The van der Waals surface area contributed by atoms with E-state index in [1.54, 1.807) is 36.7 Å². The second-order valence-electron chi connectivity index (χ2n) is 7.30. The summed E-state index contributed by atoms with van der Waals surface area (Å²) in [6.07, 6.45) is 3.04. The molecule has 0 fully saturated rings. The molecule has 0 spiro atoms. The van der Waals surface area contributed by atoms with Crippen molar-refractivity contribution in [3.63, 3.8) is 0 Å². The summed E-state index contributed by atoms with van der Waals surface area (Å²) < 4.78 is 11.3. The van der Waals surface area contributed by atoms with Crippen LogP contribution in [-0.2, 0) is 5.75 Å². The summed E-state index contributed by atoms with van der Waals surface area (Å²) in [5, 5.41) is 20.2. The summed E-state index contributed by atoms with van der Waals surface area (Å²) in [4.78, 5) is 27.0. The molecule has 3 aromatic heterocycles. The number of carboxylic acids is 1. The van der Waals surface area contributed by atoms with Crippen LogP contribution in [0.1, 0.15) is 15.9 Å². The first-order chi connectivity index (χ1) is 16.5. The zero-order valence-electron chi connectivity index (χ0n) is 17.8. The van der Waals surface area contributed by atoms with Crippen LogP contribution in [0.5, 0.6) is 11.5 Å². The molecule has 9 nitrogen and oxygen atoms in total. The lowest BCUT2D eigenvalue weighted by Gasteiger charge is -2.05. The fraction of sp³-hybridized carbons (Fsp3) is 0.0833. The normalized spacial score (nSPS) is 11.1. The van der Waals surface area contributed by atoms with E-state index in [1.807, 2.05) is 6.07 Å². The number of imidazole rings is 1. The van der Waals surface area contributed by atoms with Crippen molar-refractivity contribution in [2.75, 3.05) is 7.11 Å². The fourth-order valence-corrected chi connectivity index (χ4v) is 4.45.